The summed E-state index contributed by atoms with van der Waals surface area (Å²) in [6.07, 6.45) is 4.13. The van der Waals surface area contributed by atoms with Crippen molar-refractivity contribution in [3.63, 3.8) is 0 Å². The molecule has 0 bridgehead atoms. The fourth-order valence-corrected chi connectivity index (χ4v) is 3.75. The molecule has 0 saturated heterocycles. The van der Waals surface area contributed by atoms with Crippen LogP contribution in [0, 0.1) is 11.3 Å². The quantitative estimate of drug-likeness (QED) is 0.626. The second-order valence-electron chi connectivity index (χ2n) is 7.17. The van der Waals surface area contributed by atoms with Crippen molar-refractivity contribution in [2.45, 2.75) is 38.6 Å². The minimum absolute atomic E-state index is 0.0210. The first-order chi connectivity index (χ1) is 14.6. The molecule has 154 valence electrons. The number of anilines is 1. The summed E-state index contributed by atoms with van der Waals surface area (Å²) in [6, 6.07) is 16.9. The molecule has 0 aromatic heterocycles. The summed E-state index contributed by atoms with van der Waals surface area (Å²) in [4.78, 5) is 27.8. The number of hydrogen-bond acceptors (Lipinski definition) is 3. The third kappa shape index (κ3) is 4.55. The number of nitrogens with zero attached hydrogens (tertiary/aromatic N) is 2. The monoisotopic (exact) mass is 421 g/mol. The molecule has 0 radical (unpaired) electrons. The van der Waals surface area contributed by atoms with E-state index in [4.69, 9.17) is 11.6 Å². The maximum atomic E-state index is 13.2. The normalized spacial score (nSPS) is 16.0. The number of carbonyl (C=O) groups excluding carboxylic acids is 2. The number of halogens is 1. The summed E-state index contributed by atoms with van der Waals surface area (Å²) >= 11 is 6.01. The van der Waals surface area contributed by atoms with Crippen molar-refractivity contribution in [3.8, 4) is 6.07 Å². The highest BCUT2D eigenvalue weighted by Crippen LogP contribution is 2.37. The van der Waals surface area contributed by atoms with E-state index in [-0.39, 0.29) is 11.5 Å². The Hall–Kier alpha value is -3.10. The van der Waals surface area contributed by atoms with Gasteiger partial charge in [-0.15, -0.1) is 0 Å². The van der Waals surface area contributed by atoms with Crippen LogP contribution in [-0.4, -0.2) is 24.4 Å². The number of nitrogens with one attached hydrogen (secondary N) is 1. The van der Waals surface area contributed by atoms with Crippen molar-refractivity contribution in [2.24, 2.45) is 0 Å². The maximum absolute atomic E-state index is 13.2. The van der Waals surface area contributed by atoms with Crippen LogP contribution in [0.25, 0.3) is 5.57 Å². The highest BCUT2D eigenvalue weighted by atomic mass is 35.5. The van der Waals surface area contributed by atoms with Gasteiger partial charge >= 0.3 is 0 Å². The second-order valence-corrected chi connectivity index (χ2v) is 7.61. The average Bonchev–Trinajstić information content (AvgIpc) is 3.06. The Morgan fingerprint density at radius 2 is 1.80 bits per heavy atom. The summed E-state index contributed by atoms with van der Waals surface area (Å²) in [5, 5.41) is 13.2. The number of hydrogen-bond donors (Lipinski definition) is 1. The Kier molecular flexibility index (Phi) is 7.26. The molecule has 0 spiro atoms. The van der Waals surface area contributed by atoms with Gasteiger partial charge in [-0.25, -0.2) is 0 Å². The summed E-state index contributed by atoms with van der Waals surface area (Å²) in [5.74, 6) is -0.765. The first kappa shape index (κ1) is 21.6. The van der Waals surface area contributed by atoms with Gasteiger partial charge in [0.05, 0.1) is 0 Å². The van der Waals surface area contributed by atoms with Crippen LogP contribution in [0.15, 0.2) is 60.2 Å². The molecule has 2 aromatic carbocycles. The van der Waals surface area contributed by atoms with Gasteiger partial charge in [0, 0.05) is 22.8 Å². The van der Waals surface area contributed by atoms with E-state index in [1.165, 1.54) is 4.90 Å². The Morgan fingerprint density at radius 3 is 2.43 bits per heavy atom. The lowest BCUT2D eigenvalue weighted by molar-refractivity contribution is -0.123. The zero-order chi connectivity index (χ0) is 21.5. The van der Waals surface area contributed by atoms with E-state index < -0.39 is 11.9 Å². The van der Waals surface area contributed by atoms with Crippen molar-refractivity contribution in [1.29, 1.82) is 5.26 Å². The van der Waals surface area contributed by atoms with E-state index >= 15 is 0 Å². The minimum atomic E-state index is -0.915. The molecule has 0 fully saturated rings. The summed E-state index contributed by atoms with van der Waals surface area (Å²) in [7, 11) is 0. The number of rotatable bonds is 8. The van der Waals surface area contributed by atoms with Crippen LogP contribution in [0.1, 0.15) is 38.2 Å². The fourth-order valence-electron chi connectivity index (χ4n) is 3.62. The first-order valence-electron chi connectivity index (χ1n) is 10.1. The Morgan fingerprint density at radius 1 is 1.10 bits per heavy atom. The largest absolute Gasteiger partial charge is 0.354 e. The molecule has 1 atom stereocenters. The Balaban J connectivity index is 1.99. The van der Waals surface area contributed by atoms with Gasteiger partial charge in [0.15, 0.2) is 0 Å². The minimum Gasteiger partial charge on any atom is -0.354 e. The molecule has 2 aromatic rings. The number of nitriles is 1. The molecule has 1 aliphatic rings. The third-order valence-electron chi connectivity index (χ3n) is 5.11. The molecule has 1 unspecified atom stereocenters. The van der Waals surface area contributed by atoms with Gasteiger partial charge in [-0.2, -0.15) is 5.26 Å². The van der Waals surface area contributed by atoms with Gasteiger partial charge < -0.3 is 5.32 Å². The fraction of sp³-hybridized carbons (Fsp3) is 0.292. The SMILES string of the molecule is CCCCCCNC(=O)C1C(c2ccc(Cl)cc2)=C(C#N)C(=O)N1c1ccccc1. The molecular formula is C24H24ClN3O2. The van der Waals surface area contributed by atoms with Crippen LogP contribution in [0.4, 0.5) is 5.69 Å². The highest BCUT2D eigenvalue weighted by molar-refractivity contribution is 6.30. The van der Waals surface area contributed by atoms with E-state index in [1.54, 1.807) is 48.5 Å². The van der Waals surface area contributed by atoms with Gasteiger partial charge in [0.25, 0.3) is 5.91 Å². The average molecular weight is 422 g/mol. The van der Waals surface area contributed by atoms with Crippen LogP contribution < -0.4 is 10.2 Å². The van der Waals surface area contributed by atoms with Gasteiger partial charge in [0.1, 0.15) is 17.7 Å². The zero-order valence-corrected chi connectivity index (χ0v) is 17.7. The zero-order valence-electron chi connectivity index (χ0n) is 16.9. The van der Waals surface area contributed by atoms with Crippen molar-refractivity contribution in [1.82, 2.24) is 5.32 Å². The van der Waals surface area contributed by atoms with Crippen LogP contribution in [-0.2, 0) is 9.59 Å². The Labute approximate surface area is 182 Å². The molecule has 6 heteroatoms. The van der Waals surface area contributed by atoms with Crippen molar-refractivity contribution in [2.75, 3.05) is 11.4 Å². The predicted octanol–water partition coefficient (Wildman–Crippen LogP) is 4.73. The molecule has 30 heavy (non-hydrogen) atoms. The lowest BCUT2D eigenvalue weighted by Crippen LogP contribution is -2.47. The van der Waals surface area contributed by atoms with Gasteiger partial charge in [-0.1, -0.05) is 68.1 Å². The van der Waals surface area contributed by atoms with Gasteiger partial charge in [0.2, 0.25) is 5.91 Å². The Bertz CT molecular complexity index is 978. The number of carbonyl (C=O) groups is 2. The van der Waals surface area contributed by atoms with E-state index in [1.807, 2.05) is 12.1 Å². The van der Waals surface area contributed by atoms with E-state index in [2.05, 4.69) is 12.2 Å². The van der Waals surface area contributed by atoms with Crippen LogP contribution in [0.3, 0.4) is 0 Å². The van der Waals surface area contributed by atoms with Crippen molar-refractivity contribution < 1.29 is 9.59 Å². The van der Waals surface area contributed by atoms with E-state index in [0.717, 1.165) is 25.7 Å². The number of amides is 2. The second kappa shape index (κ2) is 10.1. The molecule has 1 heterocycles. The highest BCUT2D eigenvalue weighted by Gasteiger charge is 2.44. The predicted molar refractivity (Wildman–Crippen MR) is 119 cm³/mol. The van der Waals surface area contributed by atoms with Gasteiger partial charge in [-0.05, 0) is 36.2 Å². The molecule has 0 saturated carbocycles. The molecule has 5 nitrogen and oxygen atoms in total. The number of benzene rings is 2. The van der Waals surface area contributed by atoms with Crippen LogP contribution in [0.5, 0.6) is 0 Å². The first-order valence-corrected chi connectivity index (χ1v) is 10.5. The summed E-state index contributed by atoms with van der Waals surface area (Å²) in [5.41, 5.74) is 1.60. The number of para-hydroxylation sites is 1. The van der Waals surface area contributed by atoms with Gasteiger partial charge in [-0.3, -0.25) is 14.5 Å². The van der Waals surface area contributed by atoms with E-state index in [9.17, 15) is 14.9 Å². The van der Waals surface area contributed by atoms with Crippen molar-refractivity contribution in [3.05, 3.63) is 70.8 Å². The number of unbranched alkanes of at least 4 members (excludes halogenated alkanes) is 3. The topological polar surface area (TPSA) is 73.2 Å². The van der Waals surface area contributed by atoms with Crippen molar-refractivity contribution >= 4 is 34.7 Å². The molecular weight excluding hydrogens is 398 g/mol. The van der Waals surface area contributed by atoms with E-state index in [0.29, 0.717) is 28.4 Å². The summed E-state index contributed by atoms with van der Waals surface area (Å²) in [6.45, 7) is 2.66. The van der Waals surface area contributed by atoms with Crippen LogP contribution in [0.2, 0.25) is 5.02 Å². The summed E-state index contributed by atoms with van der Waals surface area (Å²) < 4.78 is 0. The lowest BCUT2D eigenvalue weighted by atomic mass is 9.96. The molecule has 1 aliphatic heterocycles. The van der Waals surface area contributed by atoms with Crippen LogP contribution >= 0.6 is 11.6 Å². The lowest BCUT2D eigenvalue weighted by Gasteiger charge is -2.26. The third-order valence-corrected chi connectivity index (χ3v) is 5.36. The smallest absolute Gasteiger partial charge is 0.270 e. The molecule has 0 aliphatic carbocycles. The standard InChI is InChI=1S/C24H24ClN3O2/c1-2-3-4-8-15-27-23(29)22-21(17-11-13-18(25)14-12-17)20(16-26)24(30)28(22)19-9-6-5-7-10-19/h5-7,9-14,22H,2-4,8,15H2,1H3,(H,27,29). The molecule has 1 N–H and O–H groups in total. The maximum Gasteiger partial charge on any atom is 0.270 e. The molecule has 3 rings (SSSR count). The molecule has 2 amide bonds.